The molecule has 2 saturated heterocycles. The lowest BCUT2D eigenvalue weighted by molar-refractivity contribution is -0.149. The zero-order chi connectivity index (χ0) is 53.2. The van der Waals surface area contributed by atoms with Crippen LogP contribution in [0.2, 0.25) is 0 Å². The number of hydrogen-bond donors (Lipinski definition) is 2. The fourth-order valence-electron chi connectivity index (χ4n) is 5.70. The van der Waals surface area contributed by atoms with Gasteiger partial charge in [0, 0.05) is 6.54 Å². The number of carbonyl (C=O) groups is 2. The first-order valence-corrected chi connectivity index (χ1v) is 27.0. The van der Waals surface area contributed by atoms with Crippen molar-refractivity contribution < 1.29 is 34.0 Å². The summed E-state index contributed by atoms with van der Waals surface area (Å²) in [5, 5.41) is 17.0. The number of carbonyl (C=O) groups excluding carboxylic acids is 1. The molecule has 0 bridgehead atoms. The first kappa shape index (κ1) is 79.2. The maximum absolute atomic E-state index is 12.0. The number of halogens is 1. The van der Waals surface area contributed by atoms with Crippen LogP contribution in [0.15, 0.2) is 156 Å². The molecule has 0 aliphatic carbocycles. The number of allylic oxidation sites excluding steroid dienone is 24. The molecule has 11 heteroatoms. The van der Waals surface area contributed by atoms with E-state index in [1.165, 1.54) is 0 Å². The number of nitrogens with zero attached hydrogens (tertiary/aromatic N) is 3. The molecule has 428 valence electrons. The molecule has 0 saturated carbocycles. The smallest absolute Gasteiger partial charge is 0.309 e. The Morgan fingerprint density at radius 1 is 0.560 bits per heavy atom. The van der Waals surface area contributed by atoms with Crippen molar-refractivity contribution in [2.75, 3.05) is 60.2 Å². The van der Waals surface area contributed by atoms with Crippen LogP contribution >= 0.6 is 12.4 Å². The van der Waals surface area contributed by atoms with E-state index in [0.717, 1.165) is 129 Å². The molecule has 0 spiro atoms. The van der Waals surface area contributed by atoms with E-state index in [1.54, 1.807) is 0 Å². The molecule has 2 N–H and O–H groups in total. The minimum Gasteiger partial charge on any atom is -0.481 e. The largest absolute Gasteiger partial charge is 0.481 e. The maximum Gasteiger partial charge on any atom is 0.309 e. The fraction of sp³-hybridized carbons (Fsp3) is 0.578. The van der Waals surface area contributed by atoms with Gasteiger partial charge in [0.05, 0.1) is 44.2 Å². The molecule has 2 rings (SSSR count). The van der Waals surface area contributed by atoms with Crippen molar-refractivity contribution in [3.63, 3.8) is 0 Å². The van der Waals surface area contributed by atoms with Crippen molar-refractivity contribution in [1.29, 1.82) is 0 Å². The molecule has 10 nitrogen and oxygen atoms in total. The molecule has 4 atom stereocenters. The second-order valence-electron chi connectivity index (χ2n) is 17.2. The SMILES string of the molecule is C.C.CC/C=C\C/C=C\C/C=C\C/C=C\C/C=C\C/C=C\CC(CC)C(=O)O.CC/C=C\C/C=C\C/C=C\C/C=C\C/C=C\C/C=C\CC(CC)C(=O)OCC1CO1.CCN=C=NCCCN(C)C.Cl.OCC1CO1. The van der Waals surface area contributed by atoms with Gasteiger partial charge in [-0.25, -0.2) is 9.98 Å². The molecule has 75 heavy (non-hydrogen) atoms. The van der Waals surface area contributed by atoms with Crippen LogP contribution in [0.5, 0.6) is 0 Å². The van der Waals surface area contributed by atoms with E-state index >= 15 is 0 Å². The standard InChI is InChI=1S/C27H40O3.C24H36O2.C8H17N3.C3H6O2.2CH4.ClH/c1-3-5-6-7-8-9-10-11-12-13-14-15-16-17-18-19-20-21-22-25(4-2)27(28)30-24-26-23-29-26;1-3-5-6-7-8-9-10-11-12-13-14-15-16-17-18-19-20-21-22-23(4-2)24(25)26;1-4-9-8-10-6-5-7-11(2)3;4-1-3-2-5-3;;;/h5-6,8-9,11-12,14-15,17-18,20-21,25-26H,3-4,7,10,13,16,19,22-24H2,1-2H3;5-6,8-9,11-12,14-15,17-18,20-21,23H,3-4,7,10,13,16,19,22H2,1-2H3,(H,25,26);4-7H2,1-3H3;3-4H,1-2H2;2*1H4;1H/b2*6-5-,9-8-,12-11-,15-14-,18-17-,21-20-;;;;;. The van der Waals surface area contributed by atoms with Gasteiger partial charge in [0.1, 0.15) is 18.8 Å². The summed E-state index contributed by atoms with van der Waals surface area (Å²) in [5.74, 6) is -1.10. The number of aliphatic hydroxyl groups is 1. The first-order valence-electron chi connectivity index (χ1n) is 27.0. The molecule has 0 aromatic heterocycles. The van der Waals surface area contributed by atoms with Gasteiger partial charge in [-0.05, 0) is 137 Å². The zero-order valence-electron chi connectivity index (χ0n) is 46.3. The Hall–Kier alpha value is -4.67. The van der Waals surface area contributed by atoms with Gasteiger partial charge in [0.15, 0.2) is 0 Å². The van der Waals surface area contributed by atoms with Crippen molar-refractivity contribution in [3.05, 3.63) is 146 Å². The number of hydrogen-bond acceptors (Lipinski definition) is 9. The monoisotopic (exact) mass is 1070 g/mol. The Morgan fingerprint density at radius 2 is 0.893 bits per heavy atom. The minimum atomic E-state index is -0.702. The second kappa shape index (κ2) is 65.4. The number of ether oxygens (including phenoxy) is 3. The van der Waals surface area contributed by atoms with Gasteiger partial charge in [-0.1, -0.05) is 188 Å². The third kappa shape index (κ3) is 67.3. The highest BCUT2D eigenvalue weighted by Gasteiger charge is 2.26. The van der Waals surface area contributed by atoms with Crippen LogP contribution in [0.25, 0.3) is 0 Å². The first-order chi connectivity index (χ1) is 35.2. The summed E-state index contributed by atoms with van der Waals surface area (Å²) in [6.45, 7) is 15.0. The Balaban J connectivity index is -0.000000328. The van der Waals surface area contributed by atoms with Crippen molar-refractivity contribution in [3.8, 4) is 0 Å². The van der Waals surface area contributed by atoms with Gasteiger partial charge in [-0.3, -0.25) is 9.59 Å². The lowest BCUT2D eigenvalue weighted by Gasteiger charge is -2.11. The highest BCUT2D eigenvalue weighted by Crippen LogP contribution is 2.15. The van der Waals surface area contributed by atoms with Crippen molar-refractivity contribution in [2.45, 2.75) is 171 Å². The van der Waals surface area contributed by atoms with Crippen LogP contribution in [-0.4, -0.2) is 105 Å². The fourth-order valence-corrected chi connectivity index (χ4v) is 5.70. The summed E-state index contributed by atoms with van der Waals surface area (Å²) in [5.41, 5.74) is 0. The van der Waals surface area contributed by atoms with Crippen LogP contribution in [-0.2, 0) is 23.8 Å². The molecule has 0 amide bonds. The predicted octanol–water partition coefficient (Wildman–Crippen LogP) is 16.4. The molecule has 2 fully saturated rings. The summed E-state index contributed by atoms with van der Waals surface area (Å²) in [6, 6.07) is 2.64. The summed E-state index contributed by atoms with van der Waals surface area (Å²) in [7, 11) is 4.12. The van der Waals surface area contributed by atoms with E-state index in [2.05, 4.69) is 187 Å². The van der Waals surface area contributed by atoms with Crippen molar-refractivity contribution >= 4 is 30.4 Å². The molecule has 0 aromatic rings. The quantitative estimate of drug-likeness (QED) is 0.0205. The third-order valence-electron chi connectivity index (χ3n) is 10.3. The van der Waals surface area contributed by atoms with E-state index in [1.807, 2.05) is 32.9 Å². The van der Waals surface area contributed by atoms with E-state index in [0.29, 0.717) is 19.4 Å². The van der Waals surface area contributed by atoms with Gasteiger partial charge in [0.25, 0.3) is 0 Å². The molecular weight excluding hydrogens is 958 g/mol. The van der Waals surface area contributed by atoms with E-state index in [4.69, 9.17) is 19.7 Å². The lowest BCUT2D eigenvalue weighted by Crippen LogP contribution is -2.18. The Labute approximate surface area is 465 Å². The molecular formula is C64H108ClN3O7. The molecule has 4 unspecified atom stereocenters. The molecule has 0 radical (unpaired) electrons. The van der Waals surface area contributed by atoms with Crippen LogP contribution in [0.3, 0.4) is 0 Å². The van der Waals surface area contributed by atoms with E-state index in [9.17, 15) is 9.59 Å². The predicted molar refractivity (Wildman–Crippen MR) is 328 cm³/mol. The van der Waals surface area contributed by atoms with Crippen LogP contribution < -0.4 is 0 Å². The Kier molecular flexibility index (Phi) is 69.1. The number of aliphatic hydroxyl groups excluding tert-OH is 1. The Morgan fingerprint density at radius 3 is 1.16 bits per heavy atom. The topological polar surface area (TPSA) is 137 Å². The number of carboxylic acid groups (broad SMARTS) is 1. The van der Waals surface area contributed by atoms with Crippen LogP contribution in [0.4, 0.5) is 0 Å². The van der Waals surface area contributed by atoms with Gasteiger partial charge < -0.3 is 29.3 Å². The van der Waals surface area contributed by atoms with Crippen molar-refractivity contribution in [2.24, 2.45) is 21.8 Å². The van der Waals surface area contributed by atoms with E-state index < -0.39 is 5.97 Å². The van der Waals surface area contributed by atoms with Crippen LogP contribution in [0.1, 0.15) is 159 Å². The number of aliphatic carboxylic acids is 1. The molecule has 2 heterocycles. The summed E-state index contributed by atoms with van der Waals surface area (Å²) < 4.78 is 14.9. The normalized spacial score (nSPS) is 15.9. The maximum atomic E-state index is 12.0. The van der Waals surface area contributed by atoms with Crippen molar-refractivity contribution in [1.82, 2.24) is 4.90 Å². The number of carboxylic acids is 1. The Bertz CT molecular complexity index is 1710. The number of aliphatic imine (C=N–C) groups is 2. The van der Waals surface area contributed by atoms with Crippen LogP contribution in [0, 0.1) is 11.8 Å². The third-order valence-corrected chi connectivity index (χ3v) is 10.3. The highest BCUT2D eigenvalue weighted by molar-refractivity contribution is 5.85. The number of esters is 1. The van der Waals surface area contributed by atoms with Gasteiger partial charge in [-0.2, -0.15) is 0 Å². The average Bonchev–Trinajstić information content (AvgIpc) is 4.33. The number of epoxide rings is 2. The van der Waals surface area contributed by atoms with Gasteiger partial charge in [0.2, 0.25) is 0 Å². The molecule has 2 aliphatic heterocycles. The summed E-state index contributed by atoms with van der Waals surface area (Å²) >= 11 is 0. The molecule has 0 aromatic carbocycles. The zero-order valence-corrected chi connectivity index (χ0v) is 47.1. The summed E-state index contributed by atoms with van der Waals surface area (Å²) in [4.78, 5) is 32.8. The summed E-state index contributed by atoms with van der Waals surface area (Å²) in [6.07, 6.45) is 68.2. The lowest BCUT2D eigenvalue weighted by atomic mass is 10.0. The number of rotatable bonds is 38. The second-order valence-corrected chi connectivity index (χ2v) is 17.2. The van der Waals surface area contributed by atoms with Gasteiger partial charge >= 0.3 is 11.9 Å². The highest BCUT2D eigenvalue weighted by atomic mass is 35.5. The molecule has 2 aliphatic rings. The average molecular weight is 1070 g/mol. The van der Waals surface area contributed by atoms with Gasteiger partial charge in [-0.15, -0.1) is 12.4 Å². The minimum absolute atomic E-state index is 0. The van der Waals surface area contributed by atoms with E-state index in [-0.39, 0.29) is 63.9 Å².